The molecule has 0 bridgehead atoms. The largest absolute Gasteiger partial charge is 0.411 e. The number of nitrogens with one attached hydrogen (secondary N) is 1. The molecule has 0 amide bonds. The van der Waals surface area contributed by atoms with Gasteiger partial charge in [0.2, 0.25) is 0 Å². The highest BCUT2D eigenvalue weighted by Crippen LogP contribution is 2.47. The smallest absolute Gasteiger partial charge is 0.178 e. The van der Waals surface area contributed by atoms with Crippen molar-refractivity contribution in [1.29, 1.82) is 0 Å². The van der Waals surface area contributed by atoms with Crippen LogP contribution in [0.4, 0.5) is 0 Å². The lowest BCUT2D eigenvalue weighted by molar-refractivity contribution is 0.320. The molecule has 1 aliphatic rings. The number of aromatic nitrogens is 3. The standard InChI is InChI=1S/C20H14N4O/c25-22-11-16-12-5-1-2-6-13(12)18-14(16)7-3-8-15(18)19-23-17-9-4-10-21-20(17)24-19/h1-11,16,25H,(H,21,23,24). The van der Waals surface area contributed by atoms with Gasteiger partial charge in [-0.2, -0.15) is 0 Å². The summed E-state index contributed by atoms with van der Waals surface area (Å²) in [6.45, 7) is 0. The van der Waals surface area contributed by atoms with Crippen LogP contribution in [-0.2, 0) is 0 Å². The molecular formula is C20H14N4O. The van der Waals surface area contributed by atoms with Gasteiger partial charge in [0.05, 0.1) is 11.7 Å². The first-order valence-electron chi connectivity index (χ1n) is 8.07. The zero-order chi connectivity index (χ0) is 16.8. The zero-order valence-electron chi connectivity index (χ0n) is 13.2. The fourth-order valence-electron chi connectivity index (χ4n) is 3.69. The van der Waals surface area contributed by atoms with Crippen molar-refractivity contribution < 1.29 is 5.21 Å². The average Bonchev–Trinajstić information content (AvgIpc) is 3.22. The lowest BCUT2D eigenvalue weighted by atomic mass is 9.96. The number of nitrogens with zero attached hydrogens (tertiary/aromatic N) is 3. The number of aromatic amines is 1. The molecule has 0 fully saturated rings. The van der Waals surface area contributed by atoms with Crippen LogP contribution in [0.25, 0.3) is 33.7 Å². The number of hydrogen-bond donors (Lipinski definition) is 2. The maximum absolute atomic E-state index is 9.10. The van der Waals surface area contributed by atoms with Crippen LogP contribution in [0.15, 0.2) is 65.9 Å². The predicted molar refractivity (Wildman–Crippen MR) is 96.9 cm³/mol. The Morgan fingerprint density at radius 3 is 2.68 bits per heavy atom. The van der Waals surface area contributed by atoms with Crippen molar-refractivity contribution in [3.63, 3.8) is 0 Å². The van der Waals surface area contributed by atoms with Gasteiger partial charge >= 0.3 is 0 Å². The number of oxime groups is 1. The van der Waals surface area contributed by atoms with Crippen LogP contribution in [0.5, 0.6) is 0 Å². The van der Waals surface area contributed by atoms with E-state index >= 15 is 0 Å². The quantitative estimate of drug-likeness (QED) is 0.329. The Hall–Kier alpha value is -3.47. The Morgan fingerprint density at radius 2 is 1.80 bits per heavy atom. The molecule has 120 valence electrons. The number of H-pyrrole nitrogens is 1. The summed E-state index contributed by atoms with van der Waals surface area (Å²) in [5.74, 6) is 0.737. The Kier molecular flexibility index (Phi) is 2.94. The molecule has 2 heterocycles. The molecule has 4 aromatic rings. The zero-order valence-corrected chi connectivity index (χ0v) is 13.2. The van der Waals surface area contributed by atoms with E-state index in [1.807, 2.05) is 30.3 Å². The minimum atomic E-state index is -0.0568. The third-order valence-electron chi connectivity index (χ3n) is 4.73. The summed E-state index contributed by atoms with van der Waals surface area (Å²) >= 11 is 0. The van der Waals surface area contributed by atoms with Gasteiger partial charge in [-0.25, -0.2) is 9.97 Å². The molecule has 1 unspecified atom stereocenters. The second-order valence-corrected chi connectivity index (χ2v) is 6.06. The van der Waals surface area contributed by atoms with Gasteiger partial charge in [-0.3, -0.25) is 0 Å². The van der Waals surface area contributed by atoms with E-state index in [1.54, 1.807) is 12.4 Å². The van der Waals surface area contributed by atoms with E-state index in [0.717, 1.165) is 39.2 Å². The maximum atomic E-state index is 9.10. The fourth-order valence-corrected chi connectivity index (χ4v) is 3.69. The van der Waals surface area contributed by atoms with E-state index in [1.165, 1.54) is 0 Å². The van der Waals surface area contributed by atoms with Gasteiger partial charge in [0.25, 0.3) is 0 Å². The molecule has 5 nitrogen and oxygen atoms in total. The predicted octanol–water partition coefficient (Wildman–Crippen LogP) is 4.20. The van der Waals surface area contributed by atoms with Gasteiger partial charge in [0, 0.05) is 17.7 Å². The lowest BCUT2D eigenvalue weighted by Crippen LogP contribution is -1.97. The topological polar surface area (TPSA) is 74.2 Å². The van der Waals surface area contributed by atoms with E-state index in [4.69, 9.17) is 5.21 Å². The number of rotatable bonds is 2. The Bertz CT molecular complexity index is 1100. The van der Waals surface area contributed by atoms with E-state index in [0.29, 0.717) is 5.65 Å². The molecule has 5 rings (SSSR count). The second-order valence-electron chi connectivity index (χ2n) is 6.06. The first-order valence-corrected chi connectivity index (χ1v) is 8.07. The minimum Gasteiger partial charge on any atom is -0.411 e. The van der Waals surface area contributed by atoms with Gasteiger partial charge in [-0.1, -0.05) is 42.5 Å². The molecule has 0 saturated heterocycles. The van der Waals surface area contributed by atoms with E-state index in [-0.39, 0.29) is 5.92 Å². The molecular weight excluding hydrogens is 312 g/mol. The number of benzene rings is 2. The monoisotopic (exact) mass is 326 g/mol. The molecule has 2 aromatic heterocycles. The SMILES string of the molecule is ON=CC1c2ccccc2-c2c(-c3nc4ncccc4[nH]3)cccc21. The summed E-state index contributed by atoms with van der Waals surface area (Å²) in [6, 6.07) is 18.2. The third kappa shape index (κ3) is 1.99. The van der Waals surface area contributed by atoms with Crippen LogP contribution < -0.4 is 0 Å². The van der Waals surface area contributed by atoms with Gasteiger partial charge in [-0.15, -0.1) is 5.16 Å². The first kappa shape index (κ1) is 13.9. The highest BCUT2D eigenvalue weighted by atomic mass is 16.4. The summed E-state index contributed by atoms with van der Waals surface area (Å²) in [5, 5.41) is 12.4. The average molecular weight is 326 g/mol. The van der Waals surface area contributed by atoms with Crippen LogP contribution >= 0.6 is 0 Å². The molecule has 1 aliphatic carbocycles. The van der Waals surface area contributed by atoms with Crippen molar-refractivity contribution in [3.8, 4) is 22.5 Å². The van der Waals surface area contributed by atoms with E-state index in [9.17, 15) is 0 Å². The van der Waals surface area contributed by atoms with Gasteiger partial charge in [-0.05, 0) is 34.4 Å². The van der Waals surface area contributed by atoms with Crippen LogP contribution in [0.1, 0.15) is 17.0 Å². The Balaban J connectivity index is 1.80. The Labute approximate surface area is 143 Å². The van der Waals surface area contributed by atoms with Gasteiger partial charge in [0.1, 0.15) is 5.82 Å². The summed E-state index contributed by atoms with van der Waals surface area (Å²) in [6.07, 6.45) is 3.32. The van der Waals surface area contributed by atoms with Crippen molar-refractivity contribution in [1.82, 2.24) is 15.0 Å². The van der Waals surface area contributed by atoms with Crippen LogP contribution in [0.3, 0.4) is 0 Å². The third-order valence-corrected chi connectivity index (χ3v) is 4.73. The van der Waals surface area contributed by atoms with Crippen LogP contribution in [-0.4, -0.2) is 26.4 Å². The summed E-state index contributed by atoms with van der Waals surface area (Å²) < 4.78 is 0. The Morgan fingerprint density at radius 1 is 0.960 bits per heavy atom. The van der Waals surface area contributed by atoms with E-state index < -0.39 is 0 Å². The minimum absolute atomic E-state index is 0.0568. The van der Waals surface area contributed by atoms with Crippen molar-refractivity contribution in [2.24, 2.45) is 5.16 Å². The number of imidazole rings is 1. The summed E-state index contributed by atoms with van der Waals surface area (Å²) in [7, 11) is 0. The fraction of sp³-hybridized carbons (Fsp3) is 0.0500. The molecule has 0 radical (unpaired) electrons. The molecule has 2 aromatic carbocycles. The molecule has 1 atom stereocenters. The number of pyridine rings is 1. The lowest BCUT2D eigenvalue weighted by Gasteiger charge is -2.08. The van der Waals surface area contributed by atoms with Gasteiger partial charge < -0.3 is 10.2 Å². The first-order chi connectivity index (χ1) is 12.4. The summed E-state index contributed by atoms with van der Waals surface area (Å²) in [5.41, 5.74) is 7.16. The van der Waals surface area contributed by atoms with Crippen molar-refractivity contribution in [2.45, 2.75) is 5.92 Å². The highest BCUT2D eigenvalue weighted by molar-refractivity contribution is 5.96. The number of fused-ring (bicyclic) bond motifs is 4. The van der Waals surface area contributed by atoms with Crippen molar-refractivity contribution in [3.05, 3.63) is 71.9 Å². The second kappa shape index (κ2) is 5.27. The van der Waals surface area contributed by atoms with E-state index in [2.05, 4.69) is 44.4 Å². The van der Waals surface area contributed by atoms with Gasteiger partial charge in [0.15, 0.2) is 5.65 Å². The normalized spacial score (nSPS) is 15.6. The van der Waals surface area contributed by atoms with Crippen LogP contribution in [0, 0.1) is 0 Å². The molecule has 5 heteroatoms. The summed E-state index contributed by atoms with van der Waals surface area (Å²) in [4.78, 5) is 12.3. The number of hydrogen-bond acceptors (Lipinski definition) is 4. The van der Waals surface area contributed by atoms with Crippen molar-refractivity contribution in [2.75, 3.05) is 0 Å². The highest BCUT2D eigenvalue weighted by Gasteiger charge is 2.30. The maximum Gasteiger partial charge on any atom is 0.178 e. The molecule has 0 spiro atoms. The molecule has 25 heavy (non-hydrogen) atoms. The molecule has 0 saturated carbocycles. The van der Waals surface area contributed by atoms with Crippen LogP contribution in [0.2, 0.25) is 0 Å². The molecule has 2 N–H and O–H groups in total. The van der Waals surface area contributed by atoms with Crippen molar-refractivity contribution >= 4 is 17.4 Å². The molecule has 0 aliphatic heterocycles.